The lowest BCUT2D eigenvalue weighted by Gasteiger charge is -1.95. The van der Waals surface area contributed by atoms with Crippen molar-refractivity contribution < 1.29 is 8.22 Å². The molecule has 0 aliphatic carbocycles. The molecule has 0 radical (unpaired) electrons. The Morgan fingerprint density at radius 1 is 1.67 bits per heavy atom. The standard InChI is InChI=1S/C2H5F2ISi/c1-6(3,4)2-5/h2H2,1H3. The van der Waals surface area contributed by atoms with Gasteiger partial charge in [-0.25, -0.2) is 0 Å². The van der Waals surface area contributed by atoms with E-state index in [9.17, 15) is 8.22 Å². The highest BCUT2D eigenvalue weighted by Crippen LogP contribution is 2.07. The van der Waals surface area contributed by atoms with Crippen molar-refractivity contribution in [2.75, 3.05) is 4.05 Å². The van der Waals surface area contributed by atoms with Crippen LogP contribution in [0, 0.1) is 0 Å². The van der Waals surface area contributed by atoms with E-state index in [1.165, 1.54) is 0 Å². The van der Waals surface area contributed by atoms with Crippen molar-refractivity contribution in [3.63, 3.8) is 0 Å². The van der Waals surface area contributed by atoms with Crippen molar-refractivity contribution in [2.24, 2.45) is 0 Å². The molecular formula is C2H5F2ISi. The first-order valence-corrected chi connectivity index (χ1v) is 5.49. The van der Waals surface area contributed by atoms with Gasteiger partial charge in [0.25, 0.3) is 0 Å². The molecule has 6 heavy (non-hydrogen) atoms. The molecular weight excluding hydrogens is 217 g/mol. The summed E-state index contributed by atoms with van der Waals surface area (Å²) in [5.74, 6) is 0. The third kappa shape index (κ3) is 4.81. The summed E-state index contributed by atoms with van der Waals surface area (Å²) >= 11 is 1.71. The van der Waals surface area contributed by atoms with Crippen molar-refractivity contribution in [2.45, 2.75) is 6.55 Å². The van der Waals surface area contributed by atoms with Crippen molar-refractivity contribution in [3.8, 4) is 0 Å². The molecule has 0 spiro atoms. The average Bonchev–Trinajstić information content (AvgIpc) is 1.35. The molecule has 0 aromatic carbocycles. The van der Waals surface area contributed by atoms with E-state index in [0.717, 1.165) is 6.55 Å². The Hall–Kier alpha value is 0.807. The van der Waals surface area contributed by atoms with Crippen LogP contribution in [0.5, 0.6) is 0 Å². The summed E-state index contributed by atoms with van der Waals surface area (Å²) in [6.45, 7) is 1.04. The molecule has 0 saturated heterocycles. The van der Waals surface area contributed by atoms with Gasteiger partial charge in [-0.2, -0.15) is 0 Å². The van der Waals surface area contributed by atoms with Crippen LogP contribution in [0.3, 0.4) is 0 Å². The highest BCUT2D eigenvalue weighted by molar-refractivity contribution is 14.1. The summed E-state index contributed by atoms with van der Waals surface area (Å²) in [6, 6.07) is 0. The van der Waals surface area contributed by atoms with Crippen molar-refractivity contribution in [1.82, 2.24) is 0 Å². The van der Waals surface area contributed by atoms with E-state index in [0.29, 0.717) is 0 Å². The zero-order valence-electron chi connectivity index (χ0n) is 3.34. The molecule has 0 atom stereocenters. The lowest BCUT2D eigenvalue weighted by molar-refractivity contribution is 0.628. The van der Waals surface area contributed by atoms with Gasteiger partial charge in [-0.3, -0.25) is 8.22 Å². The fraction of sp³-hybridized carbons (Fsp3) is 1.00. The summed E-state index contributed by atoms with van der Waals surface area (Å²) in [4.78, 5) is 0. The molecule has 0 amide bonds. The van der Waals surface area contributed by atoms with Crippen LogP contribution in [-0.2, 0) is 0 Å². The summed E-state index contributed by atoms with van der Waals surface area (Å²) < 4.78 is 23.2. The number of rotatable bonds is 1. The smallest absolute Gasteiger partial charge is 0.270 e. The van der Waals surface area contributed by atoms with Gasteiger partial charge in [-0.15, -0.1) is 0 Å². The van der Waals surface area contributed by atoms with Gasteiger partial charge in [0.2, 0.25) is 0 Å². The van der Waals surface area contributed by atoms with Gasteiger partial charge < -0.3 is 0 Å². The van der Waals surface area contributed by atoms with E-state index in [4.69, 9.17) is 0 Å². The van der Waals surface area contributed by atoms with Gasteiger partial charge in [0.05, 0.1) is 4.05 Å². The predicted octanol–water partition coefficient (Wildman–Crippen LogP) is 1.97. The van der Waals surface area contributed by atoms with Crippen molar-refractivity contribution >= 4 is 31.3 Å². The van der Waals surface area contributed by atoms with Crippen LogP contribution < -0.4 is 0 Å². The van der Waals surface area contributed by atoms with E-state index in [1.54, 1.807) is 22.6 Å². The molecule has 0 aromatic heterocycles. The summed E-state index contributed by atoms with van der Waals surface area (Å²) in [5.41, 5.74) is 0. The van der Waals surface area contributed by atoms with Gasteiger partial charge in [0.1, 0.15) is 0 Å². The van der Waals surface area contributed by atoms with Gasteiger partial charge in [0.15, 0.2) is 0 Å². The Morgan fingerprint density at radius 3 is 1.83 bits per heavy atom. The second-order valence-corrected chi connectivity index (χ2v) is 5.90. The Bertz CT molecular complexity index is 41.3. The maximum Gasteiger partial charge on any atom is 0.431 e. The number of halogens is 3. The van der Waals surface area contributed by atoms with E-state index in [-0.39, 0.29) is 4.05 Å². The molecule has 0 unspecified atom stereocenters. The first kappa shape index (κ1) is 6.81. The van der Waals surface area contributed by atoms with Crippen LogP contribution in [0.25, 0.3) is 0 Å². The van der Waals surface area contributed by atoms with Gasteiger partial charge >= 0.3 is 8.74 Å². The first-order chi connectivity index (χ1) is 2.56. The number of alkyl halides is 1. The number of hydrogen-bond donors (Lipinski definition) is 0. The minimum Gasteiger partial charge on any atom is -0.270 e. The molecule has 4 heteroatoms. The molecule has 0 aliphatic rings. The summed E-state index contributed by atoms with van der Waals surface area (Å²) in [6.07, 6.45) is 0. The first-order valence-electron chi connectivity index (χ1n) is 1.50. The molecule has 0 fully saturated rings. The molecule has 0 aliphatic heterocycles. The lowest BCUT2D eigenvalue weighted by atomic mass is 11.9. The summed E-state index contributed by atoms with van der Waals surface area (Å²) in [5, 5.41) is 0. The van der Waals surface area contributed by atoms with Crippen LogP contribution in [0.1, 0.15) is 0 Å². The SMILES string of the molecule is C[Si](F)(F)CI. The minimum absolute atomic E-state index is 0.0464. The maximum atomic E-state index is 11.6. The van der Waals surface area contributed by atoms with E-state index < -0.39 is 8.74 Å². The molecule has 0 bridgehead atoms. The Balaban J connectivity index is 3.17. The van der Waals surface area contributed by atoms with Crippen molar-refractivity contribution in [1.29, 1.82) is 0 Å². The van der Waals surface area contributed by atoms with Gasteiger partial charge in [0, 0.05) is 0 Å². The van der Waals surface area contributed by atoms with Crippen LogP contribution in [0.15, 0.2) is 0 Å². The highest BCUT2D eigenvalue weighted by atomic mass is 127. The van der Waals surface area contributed by atoms with E-state index in [1.807, 2.05) is 0 Å². The second kappa shape index (κ2) is 2.20. The van der Waals surface area contributed by atoms with Crippen molar-refractivity contribution in [3.05, 3.63) is 0 Å². The fourth-order valence-corrected chi connectivity index (χ4v) is 0. The monoisotopic (exact) mass is 222 g/mol. The molecule has 0 saturated carbocycles. The third-order valence-corrected chi connectivity index (χ3v) is 4.72. The zero-order valence-corrected chi connectivity index (χ0v) is 6.50. The average molecular weight is 222 g/mol. The van der Waals surface area contributed by atoms with E-state index in [2.05, 4.69) is 0 Å². The van der Waals surface area contributed by atoms with Gasteiger partial charge in [-0.1, -0.05) is 22.6 Å². The van der Waals surface area contributed by atoms with Gasteiger partial charge in [-0.05, 0) is 6.55 Å². The van der Waals surface area contributed by atoms with Crippen LogP contribution in [-0.4, -0.2) is 12.8 Å². The fourth-order valence-electron chi connectivity index (χ4n) is 0. The Kier molecular flexibility index (Phi) is 2.50. The predicted molar refractivity (Wildman–Crippen MR) is 32.7 cm³/mol. The zero-order chi connectivity index (χ0) is 5.21. The van der Waals surface area contributed by atoms with Crippen LogP contribution in [0.2, 0.25) is 6.55 Å². The van der Waals surface area contributed by atoms with E-state index >= 15 is 0 Å². The molecule has 38 valence electrons. The second-order valence-electron chi connectivity index (χ2n) is 1.20. The molecule has 0 nitrogen and oxygen atoms in total. The highest BCUT2D eigenvalue weighted by Gasteiger charge is 2.24. The lowest BCUT2D eigenvalue weighted by Crippen LogP contribution is -2.18. The Morgan fingerprint density at radius 2 is 1.83 bits per heavy atom. The number of hydrogen-bond acceptors (Lipinski definition) is 0. The Labute approximate surface area is 50.4 Å². The third-order valence-electron chi connectivity index (χ3n) is 0.235. The topological polar surface area (TPSA) is 0 Å². The minimum atomic E-state index is -3.64. The summed E-state index contributed by atoms with van der Waals surface area (Å²) in [7, 11) is -3.64. The van der Waals surface area contributed by atoms with Crippen LogP contribution >= 0.6 is 22.6 Å². The quantitative estimate of drug-likeness (QED) is 0.275. The molecule has 0 heterocycles. The molecule has 0 rings (SSSR count). The maximum absolute atomic E-state index is 11.6. The molecule has 0 N–H and O–H groups in total. The largest absolute Gasteiger partial charge is 0.431 e. The molecule has 0 aromatic rings. The normalized spacial score (nSPS) is 12.0. The van der Waals surface area contributed by atoms with Crippen LogP contribution in [0.4, 0.5) is 8.22 Å².